The highest BCUT2D eigenvalue weighted by molar-refractivity contribution is 7.13. The zero-order chi connectivity index (χ0) is 20.9. The van der Waals surface area contributed by atoms with E-state index < -0.39 is 0 Å². The van der Waals surface area contributed by atoms with Gasteiger partial charge in [-0.3, -0.25) is 9.69 Å². The number of anilines is 1. The summed E-state index contributed by atoms with van der Waals surface area (Å²) < 4.78 is 0. The number of hydrogen-bond acceptors (Lipinski definition) is 5. The van der Waals surface area contributed by atoms with E-state index in [1.807, 2.05) is 36.6 Å². The molecule has 0 aliphatic carbocycles. The van der Waals surface area contributed by atoms with Crippen LogP contribution in [0.1, 0.15) is 16.8 Å². The van der Waals surface area contributed by atoms with Crippen molar-refractivity contribution >= 4 is 22.9 Å². The van der Waals surface area contributed by atoms with E-state index in [9.17, 15) is 4.79 Å². The number of aryl methyl sites for hydroxylation is 1. The van der Waals surface area contributed by atoms with Crippen molar-refractivity contribution in [3.05, 3.63) is 70.7 Å². The first-order valence-corrected chi connectivity index (χ1v) is 11.2. The molecule has 30 heavy (non-hydrogen) atoms. The lowest BCUT2D eigenvalue weighted by Crippen LogP contribution is -2.43. The van der Waals surface area contributed by atoms with Gasteiger partial charge in [0.15, 0.2) is 0 Å². The Morgan fingerprint density at radius 3 is 2.60 bits per heavy atom. The molecule has 1 aliphatic heterocycles. The summed E-state index contributed by atoms with van der Waals surface area (Å²) in [5, 5.41) is 5.88. The van der Waals surface area contributed by atoms with Crippen LogP contribution in [0.5, 0.6) is 0 Å². The lowest BCUT2D eigenvalue weighted by atomic mass is 10.1. The standard InChI is InChI=1S/C24H28N4OS/c1-18-4-3-5-21(14-18)25-23(29)15-22-17-30-24(26-22)20-8-6-19(7-9-20)16-28-12-10-27(2)11-13-28/h3-9,14,17H,10-13,15-16H2,1-2H3,(H,25,29). The van der Waals surface area contributed by atoms with Gasteiger partial charge in [0.1, 0.15) is 5.01 Å². The third kappa shape index (κ3) is 5.53. The summed E-state index contributed by atoms with van der Waals surface area (Å²) in [6, 6.07) is 16.5. The number of hydrogen-bond donors (Lipinski definition) is 1. The quantitative estimate of drug-likeness (QED) is 0.654. The summed E-state index contributed by atoms with van der Waals surface area (Å²) in [6.07, 6.45) is 0.284. The van der Waals surface area contributed by atoms with E-state index in [1.165, 1.54) is 5.56 Å². The van der Waals surface area contributed by atoms with Gasteiger partial charge < -0.3 is 10.2 Å². The number of aromatic nitrogens is 1. The van der Waals surface area contributed by atoms with Crippen molar-refractivity contribution in [2.75, 3.05) is 38.5 Å². The fraction of sp³-hybridized carbons (Fsp3) is 0.333. The van der Waals surface area contributed by atoms with Crippen molar-refractivity contribution < 1.29 is 4.79 Å². The van der Waals surface area contributed by atoms with E-state index in [1.54, 1.807) is 11.3 Å². The van der Waals surface area contributed by atoms with Crippen molar-refractivity contribution in [3.63, 3.8) is 0 Å². The Bertz CT molecular complexity index is 990. The molecule has 6 heteroatoms. The zero-order valence-electron chi connectivity index (χ0n) is 17.6. The van der Waals surface area contributed by atoms with Crippen LogP contribution in [0.4, 0.5) is 5.69 Å². The van der Waals surface area contributed by atoms with E-state index in [0.29, 0.717) is 0 Å². The normalized spacial score (nSPS) is 15.3. The van der Waals surface area contributed by atoms with E-state index in [2.05, 4.69) is 51.4 Å². The molecule has 1 aromatic heterocycles. The minimum Gasteiger partial charge on any atom is -0.326 e. The van der Waals surface area contributed by atoms with E-state index >= 15 is 0 Å². The third-order valence-corrected chi connectivity index (χ3v) is 6.34. The van der Waals surface area contributed by atoms with Gasteiger partial charge in [-0.2, -0.15) is 0 Å². The van der Waals surface area contributed by atoms with Crippen LogP contribution in [0, 0.1) is 6.92 Å². The molecule has 2 aromatic carbocycles. The van der Waals surface area contributed by atoms with Gasteiger partial charge in [-0.05, 0) is 37.2 Å². The van der Waals surface area contributed by atoms with Gasteiger partial charge in [0, 0.05) is 49.4 Å². The number of carbonyl (C=O) groups excluding carboxylic acids is 1. The molecule has 2 heterocycles. The van der Waals surface area contributed by atoms with Crippen LogP contribution in [0.3, 0.4) is 0 Å². The molecule has 0 atom stereocenters. The third-order valence-electron chi connectivity index (χ3n) is 5.40. The van der Waals surface area contributed by atoms with Gasteiger partial charge in [-0.1, -0.05) is 36.4 Å². The first-order chi connectivity index (χ1) is 14.5. The first-order valence-electron chi connectivity index (χ1n) is 10.4. The number of nitrogens with one attached hydrogen (secondary N) is 1. The smallest absolute Gasteiger partial charge is 0.230 e. The molecule has 4 rings (SSSR count). The Labute approximate surface area is 182 Å². The number of thiazole rings is 1. The summed E-state index contributed by atoms with van der Waals surface area (Å²) in [7, 11) is 2.18. The Hall–Kier alpha value is -2.54. The average molecular weight is 421 g/mol. The molecule has 0 saturated carbocycles. The number of benzene rings is 2. The molecule has 1 fully saturated rings. The van der Waals surface area contributed by atoms with Crippen molar-refractivity contribution in [3.8, 4) is 10.6 Å². The van der Waals surface area contributed by atoms with Crippen molar-refractivity contribution in [1.82, 2.24) is 14.8 Å². The SMILES string of the molecule is Cc1cccc(NC(=O)Cc2csc(-c3ccc(CN4CCN(C)CC4)cc3)n2)c1. The second-order valence-electron chi connectivity index (χ2n) is 8.01. The molecule has 0 radical (unpaired) electrons. The zero-order valence-corrected chi connectivity index (χ0v) is 18.4. The Morgan fingerprint density at radius 1 is 1.10 bits per heavy atom. The molecule has 0 bridgehead atoms. The Morgan fingerprint density at radius 2 is 1.87 bits per heavy atom. The van der Waals surface area contributed by atoms with Crippen LogP contribution in [-0.2, 0) is 17.8 Å². The van der Waals surface area contributed by atoms with Gasteiger partial charge in [-0.15, -0.1) is 11.3 Å². The minimum absolute atomic E-state index is 0.0417. The first kappa shape index (κ1) is 20.7. The lowest BCUT2D eigenvalue weighted by molar-refractivity contribution is -0.115. The molecule has 1 amide bonds. The predicted molar refractivity (Wildman–Crippen MR) is 124 cm³/mol. The molecule has 156 valence electrons. The van der Waals surface area contributed by atoms with Gasteiger partial charge in [0.05, 0.1) is 12.1 Å². The molecule has 1 N–H and O–H groups in total. The van der Waals surface area contributed by atoms with Gasteiger partial charge >= 0.3 is 0 Å². The maximum absolute atomic E-state index is 12.3. The Balaban J connectivity index is 1.33. The highest BCUT2D eigenvalue weighted by Gasteiger charge is 2.14. The van der Waals surface area contributed by atoms with Crippen LogP contribution < -0.4 is 5.32 Å². The van der Waals surface area contributed by atoms with Crippen LogP contribution in [0.2, 0.25) is 0 Å². The number of piperazine rings is 1. The minimum atomic E-state index is -0.0417. The summed E-state index contributed by atoms with van der Waals surface area (Å²) >= 11 is 1.59. The molecule has 5 nitrogen and oxygen atoms in total. The van der Waals surface area contributed by atoms with Gasteiger partial charge in [0.25, 0.3) is 0 Å². The van der Waals surface area contributed by atoms with Crippen molar-refractivity contribution in [2.45, 2.75) is 19.9 Å². The van der Waals surface area contributed by atoms with E-state index in [4.69, 9.17) is 0 Å². The maximum atomic E-state index is 12.3. The Kier molecular flexibility index (Phi) is 6.57. The highest BCUT2D eigenvalue weighted by Crippen LogP contribution is 2.25. The van der Waals surface area contributed by atoms with E-state index in [-0.39, 0.29) is 12.3 Å². The topological polar surface area (TPSA) is 48.5 Å². The molecule has 1 saturated heterocycles. The summed E-state index contributed by atoms with van der Waals surface area (Å²) in [5.74, 6) is -0.0417. The molecule has 0 spiro atoms. The van der Waals surface area contributed by atoms with Crippen molar-refractivity contribution in [1.29, 1.82) is 0 Å². The number of amides is 1. The van der Waals surface area contributed by atoms with E-state index in [0.717, 1.165) is 60.2 Å². The molecular formula is C24H28N4OS. The lowest BCUT2D eigenvalue weighted by Gasteiger charge is -2.32. The molecule has 1 aliphatic rings. The summed E-state index contributed by atoms with van der Waals surface area (Å²) in [6.45, 7) is 7.53. The molecular weight excluding hydrogens is 392 g/mol. The monoisotopic (exact) mass is 420 g/mol. The second kappa shape index (κ2) is 9.51. The highest BCUT2D eigenvalue weighted by atomic mass is 32.1. The maximum Gasteiger partial charge on any atom is 0.230 e. The van der Waals surface area contributed by atoms with Crippen LogP contribution in [0.25, 0.3) is 10.6 Å². The second-order valence-corrected chi connectivity index (χ2v) is 8.87. The fourth-order valence-electron chi connectivity index (χ4n) is 3.63. The number of rotatable bonds is 6. The average Bonchev–Trinajstić information content (AvgIpc) is 3.18. The summed E-state index contributed by atoms with van der Waals surface area (Å²) in [4.78, 5) is 21.9. The largest absolute Gasteiger partial charge is 0.326 e. The van der Waals surface area contributed by atoms with Crippen molar-refractivity contribution in [2.24, 2.45) is 0 Å². The van der Waals surface area contributed by atoms with Crippen LogP contribution >= 0.6 is 11.3 Å². The summed E-state index contributed by atoms with van der Waals surface area (Å²) in [5.41, 5.74) is 5.19. The number of likely N-dealkylation sites (N-methyl/N-ethyl adjacent to an activating group) is 1. The number of nitrogens with zero attached hydrogens (tertiary/aromatic N) is 3. The van der Waals surface area contributed by atoms with Crippen LogP contribution in [0.15, 0.2) is 53.9 Å². The van der Waals surface area contributed by atoms with Gasteiger partial charge in [-0.25, -0.2) is 4.98 Å². The fourth-order valence-corrected chi connectivity index (χ4v) is 4.46. The molecule has 3 aromatic rings. The molecule has 0 unspecified atom stereocenters. The number of carbonyl (C=O) groups is 1. The van der Waals surface area contributed by atoms with Crippen LogP contribution in [-0.4, -0.2) is 53.9 Å². The van der Waals surface area contributed by atoms with Gasteiger partial charge in [0.2, 0.25) is 5.91 Å². The predicted octanol–water partition coefficient (Wildman–Crippen LogP) is 4.05.